The van der Waals surface area contributed by atoms with Crippen LogP contribution in [0.4, 0.5) is 11.5 Å². The van der Waals surface area contributed by atoms with Gasteiger partial charge in [-0.05, 0) is 12.1 Å². The Bertz CT molecular complexity index is 783. The maximum absolute atomic E-state index is 12.4. The smallest absolute Gasteiger partial charge is 0.266 e. The van der Waals surface area contributed by atoms with Crippen molar-refractivity contribution in [2.45, 2.75) is 4.90 Å². The molecule has 0 amide bonds. The Hall–Kier alpha value is -1.77. The minimum atomic E-state index is -3.98. The van der Waals surface area contributed by atoms with Crippen LogP contribution in [0, 0.1) is 0 Å². The number of benzene rings is 1. The molecule has 0 aliphatic rings. The van der Waals surface area contributed by atoms with Crippen LogP contribution >= 0.6 is 23.2 Å². The second-order valence-corrected chi connectivity index (χ2v) is 6.23. The van der Waals surface area contributed by atoms with Crippen LogP contribution in [0.15, 0.2) is 29.4 Å². The number of hydrogen-bond donors (Lipinski definition) is 2. The first-order valence-electron chi connectivity index (χ1n) is 5.47. The number of aromatic nitrogens is 2. The van der Waals surface area contributed by atoms with Gasteiger partial charge in [0.15, 0.2) is 11.0 Å². The van der Waals surface area contributed by atoms with Crippen molar-refractivity contribution in [3.63, 3.8) is 0 Å². The van der Waals surface area contributed by atoms with E-state index in [1.807, 2.05) is 0 Å². The maximum Gasteiger partial charge on any atom is 0.266 e. The fourth-order valence-corrected chi connectivity index (χ4v) is 3.02. The summed E-state index contributed by atoms with van der Waals surface area (Å²) in [6.07, 6.45) is 1.09. The standard InChI is InChI=1S/C11H10Cl2N4O3S/c1-20-7-4-6(14)2-3-8(7)21(18,19)17-11-9(12)10(13)15-5-16-11/h2-5H,14H2,1H3,(H,15,16,17). The first-order valence-corrected chi connectivity index (χ1v) is 7.71. The second-order valence-electron chi connectivity index (χ2n) is 3.84. The maximum atomic E-state index is 12.4. The van der Waals surface area contributed by atoms with Gasteiger partial charge in [0.25, 0.3) is 10.0 Å². The highest BCUT2D eigenvalue weighted by Crippen LogP contribution is 2.30. The van der Waals surface area contributed by atoms with Crippen LogP contribution in [-0.4, -0.2) is 25.5 Å². The summed E-state index contributed by atoms with van der Waals surface area (Å²) in [5.41, 5.74) is 5.96. The highest BCUT2D eigenvalue weighted by atomic mass is 35.5. The van der Waals surface area contributed by atoms with Gasteiger partial charge < -0.3 is 10.5 Å². The van der Waals surface area contributed by atoms with Crippen molar-refractivity contribution in [2.75, 3.05) is 17.6 Å². The van der Waals surface area contributed by atoms with E-state index < -0.39 is 10.0 Å². The number of nitrogens with one attached hydrogen (secondary N) is 1. The molecule has 0 aliphatic heterocycles. The highest BCUT2D eigenvalue weighted by molar-refractivity contribution is 7.92. The molecule has 1 aromatic carbocycles. The first-order chi connectivity index (χ1) is 9.85. The van der Waals surface area contributed by atoms with Crippen LogP contribution in [-0.2, 0) is 10.0 Å². The molecule has 0 fully saturated rings. The lowest BCUT2D eigenvalue weighted by molar-refractivity contribution is 0.403. The third-order valence-electron chi connectivity index (χ3n) is 2.46. The third-order valence-corrected chi connectivity index (χ3v) is 4.57. The number of sulfonamides is 1. The predicted octanol–water partition coefficient (Wildman–Crippen LogP) is 2.17. The predicted molar refractivity (Wildman–Crippen MR) is 80.3 cm³/mol. The number of rotatable bonds is 4. The Morgan fingerprint density at radius 1 is 1.29 bits per heavy atom. The van der Waals surface area contributed by atoms with Gasteiger partial charge >= 0.3 is 0 Å². The zero-order valence-electron chi connectivity index (χ0n) is 10.7. The van der Waals surface area contributed by atoms with Crippen LogP contribution in [0.2, 0.25) is 10.2 Å². The molecule has 1 aromatic heterocycles. The minimum absolute atomic E-state index is 0.0614. The normalized spacial score (nSPS) is 11.2. The van der Waals surface area contributed by atoms with Crippen molar-refractivity contribution in [3.05, 3.63) is 34.7 Å². The van der Waals surface area contributed by atoms with E-state index in [2.05, 4.69) is 14.7 Å². The molecule has 0 unspecified atom stereocenters. The van der Waals surface area contributed by atoms with Crippen molar-refractivity contribution in [1.82, 2.24) is 9.97 Å². The molecule has 0 saturated heterocycles. The minimum Gasteiger partial charge on any atom is -0.495 e. The summed E-state index contributed by atoms with van der Waals surface area (Å²) < 4.78 is 32.0. The zero-order chi connectivity index (χ0) is 15.6. The SMILES string of the molecule is COc1cc(N)ccc1S(=O)(=O)Nc1ncnc(Cl)c1Cl. The zero-order valence-corrected chi connectivity index (χ0v) is 13.0. The average molecular weight is 349 g/mol. The summed E-state index contributed by atoms with van der Waals surface area (Å²) in [5, 5.41) is -0.161. The van der Waals surface area contributed by atoms with Crippen molar-refractivity contribution >= 4 is 44.7 Å². The van der Waals surface area contributed by atoms with Crippen LogP contribution in [0.1, 0.15) is 0 Å². The fraction of sp³-hybridized carbons (Fsp3) is 0.0909. The monoisotopic (exact) mass is 348 g/mol. The number of methoxy groups -OCH3 is 1. The van der Waals surface area contributed by atoms with Crippen LogP contribution in [0.5, 0.6) is 5.75 Å². The van der Waals surface area contributed by atoms with Crippen molar-refractivity contribution in [2.24, 2.45) is 0 Å². The molecule has 2 rings (SSSR count). The Morgan fingerprint density at radius 2 is 2.00 bits per heavy atom. The van der Waals surface area contributed by atoms with Gasteiger partial charge in [0.1, 0.15) is 22.0 Å². The Morgan fingerprint density at radius 3 is 2.67 bits per heavy atom. The molecule has 7 nitrogen and oxygen atoms in total. The lowest BCUT2D eigenvalue weighted by Gasteiger charge is -2.12. The molecule has 112 valence electrons. The lowest BCUT2D eigenvalue weighted by atomic mass is 10.3. The van der Waals surface area contributed by atoms with E-state index in [1.165, 1.54) is 25.3 Å². The quantitative estimate of drug-likeness (QED) is 0.647. The molecule has 21 heavy (non-hydrogen) atoms. The first kappa shape index (κ1) is 15.6. The van der Waals surface area contributed by atoms with E-state index in [9.17, 15) is 8.42 Å². The number of nitrogen functional groups attached to an aromatic ring is 1. The van der Waals surface area contributed by atoms with E-state index >= 15 is 0 Å². The number of anilines is 2. The molecule has 1 heterocycles. The number of nitrogens with zero attached hydrogens (tertiary/aromatic N) is 2. The number of nitrogens with two attached hydrogens (primary N) is 1. The van der Waals surface area contributed by atoms with Crippen molar-refractivity contribution in [1.29, 1.82) is 0 Å². The third kappa shape index (κ3) is 3.29. The summed E-state index contributed by atoms with van der Waals surface area (Å²) in [4.78, 5) is 7.27. The Labute approximate surface area is 131 Å². The van der Waals surface area contributed by atoms with Gasteiger partial charge in [-0.1, -0.05) is 23.2 Å². The summed E-state index contributed by atoms with van der Waals surface area (Å²) in [6, 6.07) is 4.14. The van der Waals surface area contributed by atoms with Crippen molar-refractivity contribution < 1.29 is 13.2 Å². The fourth-order valence-electron chi connectivity index (χ4n) is 1.51. The topological polar surface area (TPSA) is 107 Å². The molecule has 2 aromatic rings. The average Bonchev–Trinajstić information content (AvgIpc) is 2.43. The number of hydrogen-bond acceptors (Lipinski definition) is 6. The van der Waals surface area contributed by atoms with E-state index in [0.717, 1.165) is 6.33 Å². The van der Waals surface area contributed by atoms with E-state index in [4.69, 9.17) is 33.7 Å². The molecule has 0 bridgehead atoms. The van der Waals surface area contributed by atoms with Gasteiger partial charge in [-0.2, -0.15) is 0 Å². The molecule has 0 radical (unpaired) electrons. The van der Waals surface area contributed by atoms with Crippen molar-refractivity contribution in [3.8, 4) is 5.75 Å². The molecule has 0 aliphatic carbocycles. The molecule has 0 atom stereocenters. The summed E-state index contributed by atoms with van der Waals surface area (Å²) in [7, 11) is -2.64. The molecule has 0 spiro atoms. The summed E-state index contributed by atoms with van der Waals surface area (Å²) in [6.45, 7) is 0. The Kier molecular flexibility index (Phi) is 4.40. The Balaban J connectivity index is 2.46. The van der Waals surface area contributed by atoms with Gasteiger partial charge in [-0.25, -0.2) is 18.4 Å². The molecular formula is C11H10Cl2N4O3S. The van der Waals surface area contributed by atoms with Gasteiger partial charge in [0, 0.05) is 11.8 Å². The highest BCUT2D eigenvalue weighted by Gasteiger charge is 2.22. The van der Waals surface area contributed by atoms with Crippen LogP contribution < -0.4 is 15.2 Å². The molecular weight excluding hydrogens is 339 g/mol. The van der Waals surface area contributed by atoms with Gasteiger partial charge in [-0.3, -0.25) is 4.72 Å². The lowest BCUT2D eigenvalue weighted by Crippen LogP contribution is -2.15. The van der Waals surface area contributed by atoms with E-state index in [0.29, 0.717) is 5.69 Å². The van der Waals surface area contributed by atoms with E-state index in [-0.39, 0.29) is 26.6 Å². The molecule has 0 saturated carbocycles. The van der Waals surface area contributed by atoms with Crippen LogP contribution in [0.3, 0.4) is 0 Å². The molecule has 3 N–H and O–H groups in total. The molecule has 10 heteroatoms. The van der Waals surface area contributed by atoms with Gasteiger partial charge in [0.2, 0.25) is 0 Å². The van der Waals surface area contributed by atoms with Gasteiger partial charge in [-0.15, -0.1) is 0 Å². The summed E-state index contributed by atoms with van der Waals surface area (Å²) in [5.74, 6) is -0.0330. The number of ether oxygens (including phenoxy) is 1. The second kappa shape index (κ2) is 5.92. The summed E-state index contributed by atoms with van der Waals surface area (Å²) >= 11 is 11.6. The van der Waals surface area contributed by atoms with E-state index in [1.54, 1.807) is 0 Å². The largest absolute Gasteiger partial charge is 0.495 e. The number of halogens is 2. The van der Waals surface area contributed by atoms with Gasteiger partial charge in [0.05, 0.1) is 7.11 Å². The van der Waals surface area contributed by atoms with Crippen LogP contribution in [0.25, 0.3) is 0 Å².